The SMILES string of the molecule is CN=C(NCCCOC1CCOC1)NCCc1ccc(F)c(Br)c1. The van der Waals surface area contributed by atoms with Crippen molar-refractivity contribution in [1.82, 2.24) is 10.6 Å². The Morgan fingerprint density at radius 2 is 2.25 bits per heavy atom. The summed E-state index contributed by atoms with van der Waals surface area (Å²) in [6, 6.07) is 5.07. The number of guanidine groups is 1. The maximum absolute atomic E-state index is 13.2. The van der Waals surface area contributed by atoms with Crippen molar-refractivity contribution in [3.63, 3.8) is 0 Å². The van der Waals surface area contributed by atoms with Crippen molar-refractivity contribution in [2.24, 2.45) is 4.99 Å². The summed E-state index contributed by atoms with van der Waals surface area (Å²) >= 11 is 3.20. The minimum atomic E-state index is -0.240. The third-order valence-corrected chi connectivity index (χ3v) is 4.38. The second-order valence-electron chi connectivity index (χ2n) is 5.63. The van der Waals surface area contributed by atoms with Crippen molar-refractivity contribution in [3.8, 4) is 0 Å². The molecule has 1 atom stereocenters. The highest BCUT2D eigenvalue weighted by molar-refractivity contribution is 9.10. The normalized spacial score (nSPS) is 18.0. The topological polar surface area (TPSA) is 54.9 Å². The van der Waals surface area contributed by atoms with Gasteiger partial charge in [0.25, 0.3) is 0 Å². The number of halogens is 2. The fraction of sp³-hybridized carbons (Fsp3) is 0.588. The molecule has 134 valence electrons. The second-order valence-corrected chi connectivity index (χ2v) is 6.49. The van der Waals surface area contributed by atoms with Crippen LogP contribution < -0.4 is 10.6 Å². The molecule has 1 aliphatic heterocycles. The predicted octanol–water partition coefficient (Wildman–Crippen LogP) is 2.49. The minimum absolute atomic E-state index is 0.240. The van der Waals surface area contributed by atoms with Crippen LogP contribution in [-0.4, -0.2) is 52.0 Å². The first-order valence-electron chi connectivity index (χ1n) is 8.27. The lowest BCUT2D eigenvalue weighted by Gasteiger charge is -2.13. The Hall–Kier alpha value is -1.18. The predicted molar refractivity (Wildman–Crippen MR) is 97.0 cm³/mol. The number of ether oxygens (including phenoxy) is 2. The van der Waals surface area contributed by atoms with E-state index in [1.807, 2.05) is 0 Å². The zero-order valence-electron chi connectivity index (χ0n) is 14.0. The number of benzene rings is 1. The third-order valence-electron chi connectivity index (χ3n) is 3.77. The molecule has 1 unspecified atom stereocenters. The molecule has 5 nitrogen and oxygen atoms in total. The molecule has 0 aromatic heterocycles. The Morgan fingerprint density at radius 3 is 2.96 bits per heavy atom. The number of rotatable bonds is 8. The zero-order valence-corrected chi connectivity index (χ0v) is 15.6. The van der Waals surface area contributed by atoms with E-state index in [1.54, 1.807) is 19.2 Å². The van der Waals surface area contributed by atoms with E-state index >= 15 is 0 Å². The molecular weight excluding hydrogens is 377 g/mol. The molecule has 1 heterocycles. The molecule has 1 aromatic carbocycles. The lowest BCUT2D eigenvalue weighted by Crippen LogP contribution is -2.39. The Balaban J connectivity index is 1.57. The summed E-state index contributed by atoms with van der Waals surface area (Å²) in [5.41, 5.74) is 1.07. The lowest BCUT2D eigenvalue weighted by atomic mass is 10.1. The molecule has 0 bridgehead atoms. The van der Waals surface area contributed by atoms with E-state index in [-0.39, 0.29) is 11.9 Å². The molecule has 0 aliphatic carbocycles. The smallest absolute Gasteiger partial charge is 0.190 e. The van der Waals surface area contributed by atoms with Gasteiger partial charge >= 0.3 is 0 Å². The van der Waals surface area contributed by atoms with Crippen LogP contribution in [0.3, 0.4) is 0 Å². The Bertz CT molecular complexity index is 537. The number of nitrogens with zero attached hydrogens (tertiary/aromatic N) is 1. The highest BCUT2D eigenvalue weighted by Crippen LogP contribution is 2.16. The van der Waals surface area contributed by atoms with Gasteiger partial charge in [0.2, 0.25) is 0 Å². The van der Waals surface area contributed by atoms with Crippen molar-refractivity contribution in [2.45, 2.75) is 25.4 Å². The van der Waals surface area contributed by atoms with Gasteiger partial charge in [-0.15, -0.1) is 0 Å². The molecule has 2 N–H and O–H groups in total. The van der Waals surface area contributed by atoms with Crippen LogP contribution in [0.2, 0.25) is 0 Å². The van der Waals surface area contributed by atoms with Gasteiger partial charge in [-0.25, -0.2) is 4.39 Å². The molecule has 1 aromatic rings. The number of hydrogen-bond donors (Lipinski definition) is 2. The van der Waals surface area contributed by atoms with Crippen LogP contribution in [-0.2, 0) is 15.9 Å². The lowest BCUT2D eigenvalue weighted by molar-refractivity contribution is 0.0420. The molecule has 7 heteroatoms. The van der Waals surface area contributed by atoms with Gasteiger partial charge in [-0.2, -0.15) is 0 Å². The molecule has 24 heavy (non-hydrogen) atoms. The van der Waals surface area contributed by atoms with E-state index in [1.165, 1.54) is 6.07 Å². The molecule has 1 aliphatic rings. The van der Waals surface area contributed by atoms with Crippen LogP contribution in [0, 0.1) is 5.82 Å². The summed E-state index contributed by atoms with van der Waals surface area (Å²) in [6.45, 7) is 3.78. The first kappa shape index (κ1) is 19.1. The minimum Gasteiger partial charge on any atom is -0.379 e. The van der Waals surface area contributed by atoms with Crippen molar-refractivity contribution in [2.75, 3.05) is 40.0 Å². The van der Waals surface area contributed by atoms with Gasteiger partial charge in [-0.1, -0.05) is 6.07 Å². The van der Waals surface area contributed by atoms with Crippen LogP contribution in [0.1, 0.15) is 18.4 Å². The average molecular weight is 402 g/mol. The molecule has 1 fully saturated rings. The van der Waals surface area contributed by atoms with Crippen molar-refractivity contribution in [3.05, 3.63) is 34.1 Å². The highest BCUT2D eigenvalue weighted by Gasteiger charge is 2.15. The van der Waals surface area contributed by atoms with Crippen LogP contribution >= 0.6 is 15.9 Å². The molecule has 0 amide bonds. The molecule has 1 saturated heterocycles. The summed E-state index contributed by atoms with van der Waals surface area (Å²) in [6.07, 6.45) is 2.97. The number of aliphatic imine (C=N–C) groups is 1. The van der Waals surface area contributed by atoms with Gasteiger partial charge in [0.1, 0.15) is 5.82 Å². The van der Waals surface area contributed by atoms with Crippen LogP contribution in [0.15, 0.2) is 27.7 Å². The first-order chi connectivity index (χ1) is 11.7. The van der Waals surface area contributed by atoms with Gasteiger partial charge in [0.05, 0.1) is 17.2 Å². The van der Waals surface area contributed by atoms with Crippen molar-refractivity contribution >= 4 is 21.9 Å². The van der Waals surface area contributed by atoms with Gasteiger partial charge < -0.3 is 20.1 Å². The monoisotopic (exact) mass is 401 g/mol. The fourth-order valence-corrected chi connectivity index (χ4v) is 2.84. The highest BCUT2D eigenvalue weighted by atomic mass is 79.9. The zero-order chi connectivity index (χ0) is 17.2. The fourth-order valence-electron chi connectivity index (χ4n) is 2.41. The maximum atomic E-state index is 13.2. The molecule has 0 saturated carbocycles. The molecule has 2 rings (SSSR count). The van der Waals surface area contributed by atoms with E-state index < -0.39 is 0 Å². The third kappa shape index (κ3) is 6.75. The Morgan fingerprint density at radius 1 is 1.42 bits per heavy atom. The largest absolute Gasteiger partial charge is 0.379 e. The van der Waals surface area contributed by atoms with Gasteiger partial charge in [-0.05, 0) is 52.9 Å². The van der Waals surface area contributed by atoms with Gasteiger partial charge in [-0.3, -0.25) is 4.99 Å². The molecule has 0 spiro atoms. The van der Waals surface area contributed by atoms with Crippen LogP contribution in [0.4, 0.5) is 4.39 Å². The van der Waals surface area contributed by atoms with Crippen molar-refractivity contribution in [1.29, 1.82) is 0 Å². The van der Waals surface area contributed by atoms with E-state index in [2.05, 4.69) is 31.6 Å². The quantitative estimate of drug-likeness (QED) is 0.399. The van der Waals surface area contributed by atoms with Crippen LogP contribution in [0.5, 0.6) is 0 Å². The average Bonchev–Trinajstić information content (AvgIpc) is 3.09. The van der Waals surface area contributed by atoms with E-state index in [9.17, 15) is 4.39 Å². The van der Waals surface area contributed by atoms with Gasteiger partial charge in [0, 0.05) is 33.4 Å². The van der Waals surface area contributed by atoms with Crippen LogP contribution in [0.25, 0.3) is 0 Å². The molecular formula is C17H25BrFN3O2. The standard InChI is InChI=1S/C17H25BrFN3O2/c1-20-17(21-7-2-9-24-14-6-10-23-12-14)22-8-5-13-3-4-16(19)15(18)11-13/h3-4,11,14H,2,5-10,12H2,1H3,(H2,20,21,22). The summed E-state index contributed by atoms with van der Waals surface area (Å²) in [7, 11) is 1.75. The summed E-state index contributed by atoms with van der Waals surface area (Å²) < 4.78 is 24.7. The second kappa shape index (κ2) is 10.6. The first-order valence-corrected chi connectivity index (χ1v) is 9.06. The number of hydrogen-bond acceptors (Lipinski definition) is 3. The van der Waals surface area contributed by atoms with E-state index in [0.29, 0.717) is 4.47 Å². The van der Waals surface area contributed by atoms with E-state index in [0.717, 1.165) is 63.7 Å². The van der Waals surface area contributed by atoms with E-state index in [4.69, 9.17) is 9.47 Å². The summed E-state index contributed by atoms with van der Waals surface area (Å²) in [4.78, 5) is 4.19. The maximum Gasteiger partial charge on any atom is 0.190 e. The summed E-state index contributed by atoms with van der Waals surface area (Å²) in [5, 5.41) is 6.51. The Labute approximate surface area is 151 Å². The van der Waals surface area contributed by atoms with Gasteiger partial charge in [0.15, 0.2) is 5.96 Å². The summed E-state index contributed by atoms with van der Waals surface area (Å²) in [5.74, 6) is 0.524. The van der Waals surface area contributed by atoms with Crippen molar-refractivity contribution < 1.29 is 13.9 Å². The molecule has 0 radical (unpaired) electrons. The number of nitrogens with one attached hydrogen (secondary N) is 2. The Kier molecular flexibility index (Phi) is 8.49.